The van der Waals surface area contributed by atoms with E-state index in [4.69, 9.17) is 10.2 Å². The summed E-state index contributed by atoms with van der Waals surface area (Å²) in [4.78, 5) is 0. The van der Waals surface area contributed by atoms with Gasteiger partial charge in [0.2, 0.25) is 0 Å². The molecule has 0 saturated heterocycles. The Hall–Kier alpha value is 0.137. The Morgan fingerprint density at radius 2 is 1.73 bits per heavy atom. The summed E-state index contributed by atoms with van der Waals surface area (Å²) >= 11 is 0. The molecule has 0 aliphatic rings. The second-order valence-electron chi connectivity index (χ2n) is 4.36. The number of rotatable bonds is 3. The molecule has 67 valence electrons. The van der Waals surface area contributed by atoms with E-state index in [1.54, 1.807) is 0 Å². The van der Waals surface area contributed by atoms with E-state index in [0.717, 1.165) is 0 Å². The fourth-order valence-electron chi connectivity index (χ4n) is 0.523. The van der Waals surface area contributed by atoms with Crippen LogP contribution in [-0.4, -0.2) is 21.5 Å². The lowest BCUT2D eigenvalue weighted by Gasteiger charge is -2.35. The standard InChI is InChI=1S/C8H20NOSi/c1-8(2,3)11(4,5)10-7-6-9/h9H,6-7H2,1-5H3. The Labute approximate surface area is 71.3 Å². The molecule has 0 saturated carbocycles. The maximum atomic E-state index is 6.98. The molecule has 0 aromatic rings. The minimum Gasteiger partial charge on any atom is -0.415 e. The van der Waals surface area contributed by atoms with Gasteiger partial charge in [0.25, 0.3) is 0 Å². The molecule has 0 spiro atoms. The maximum absolute atomic E-state index is 6.98. The molecule has 3 heteroatoms. The van der Waals surface area contributed by atoms with Gasteiger partial charge in [-0.2, -0.15) is 0 Å². The van der Waals surface area contributed by atoms with Gasteiger partial charge >= 0.3 is 0 Å². The average Bonchev–Trinajstić information content (AvgIpc) is 1.81. The van der Waals surface area contributed by atoms with Gasteiger partial charge in [-0.05, 0) is 18.1 Å². The third-order valence-electron chi connectivity index (χ3n) is 2.37. The maximum Gasteiger partial charge on any atom is 0.192 e. The van der Waals surface area contributed by atoms with Gasteiger partial charge in [-0.15, -0.1) is 0 Å². The van der Waals surface area contributed by atoms with Gasteiger partial charge in [0.1, 0.15) is 0 Å². The number of hydrogen-bond acceptors (Lipinski definition) is 1. The summed E-state index contributed by atoms with van der Waals surface area (Å²) in [5.74, 6) is 0. The molecule has 0 bridgehead atoms. The molecule has 0 rings (SSSR count). The van der Waals surface area contributed by atoms with Gasteiger partial charge in [0.05, 0.1) is 0 Å². The van der Waals surface area contributed by atoms with E-state index >= 15 is 0 Å². The zero-order valence-corrected chi connectivity index (χ0v) is 9.32. The molecule has 0 aliphatic carbocycles. The van der Waals surface area contributed by atoms with E-state index in [-0.39, 0.29) is 5.04 Å². The van der Waals surface area contributed by atoms with Gasteiger partial charge in [-0.25, -0.2) is 0 Å². The van der Waals surface area contributed by atoms with Gasteiger partial charge in [-0.3, -0.25) is 5.73 Å². The average molecular weight is 174 g/mol. The van der Waals surface area contributed by atoms with Gasteiger partial charge < -0.3 is 4.43 Å². The van der Waals surface area contributed by atoms with Crippen LogP contribution in [0.3, 0.4) is 0 Å². The molecular weight excluding hydrogens is 154 g/mol. The summed E-state index contributed by atoms with van der Waals surface area (Å²) in [6.07, 6.45) is 0. The molecule has 0 unspecified atom stereocenters. The molecule has 0 fully saturated rings. The molecule has 11 heavy (non-hydrogen) atoms. The molecule has 0 aromatic heterocycles. The summed E-state index contributed by atoms with van der Waals surface area (Å²) in [6, 6.07) is 0. The molecule has 0 amide bonds. The summed E-state index contributed by atoms with van der Waals surface area (Å²) < 4.78 is 5.69. The molecule has 1 N–H and O–H groups in total. The topological polar surface area (TPSA) is 33.0 Å². The molecule has 0 atom stereocenters. The first-order valence-electron chi connectivity index (χ1n) is 4.10. The third-order valence-corrected chi connectivity index (χ3v) is 6.91. The van der Waals surface area contributed by atoms with E-state index in [0.29, 0.717) is 13.2 Å². The van der Waals surface area contributed by atoms with Gasteiger partial charge in [0, 0.05) is 13.2 Å². The highest BCUT2D eigenvalue weighted by Crippen LogP contribution is 2.36. The van der Waals surface area contributed by atoms with Crippen molar-refractivity contribution in [1.82, 2.24) is 5.73 Å². The Bertz CT molecular complexity index is 118. The van der Waals surface area contributed by atoms with Crippen LogP contribution >= 0.6 is 0 Å². The van der Waals surface area contributed by atoms with Crippen molar-refractivity contribution < 1.29 is 4.43 Å². The van der Waals surface area contributed by atoms with Crippen molar-refractivity contribution in [2.45, 2.75) is 38.9 Å². The van der Waals surface area contributed by atoms with Crippen LogP contribution in [0.2, 0.25) is 18.1 Å². The molecular formula is C8H20NOSi. The highest BCUT2D eigenvalue weighted by Gasteiger charge is 2.36. The van der Waals surface area contributed by atoms with Crippen molar-refractivity contribution >= 4 is 8.32 Å². The summed E-state index contributed by atoms with van der Waals surface area (Å²) in [5.41, 5.74) is 6.98. The normalized spacial score (nSPS) is 13.6. The number of nitrogens with one attached hydrogen (secondary N) is 1. The largest absolute Gasteiger partial charge is 0.415 e. The van der Waals surface area contributed by atoms with Gasteiger partial charge in [-0.1, -0.05) is 20.8 Å². The Kier molecular flexibility index (Phi) is 3.74. The van der Waals surface area contributed by atoms with Crippen LogP contribution < -0.4 is 5.73 Å². The summed E-state index contributed by atoms with van der Waals surface area (Å²) in [6.45, 7) is 12.0. The van der Waals surface area contributed by atoms with Crippen LogP contribution in [0.25, 0.3) is 0 Å². The number of hydrogen-bond donors (Lipinski definition) is 0. The Balaban J connectivity index is 4.00. The first kappa shape index (κ1) is 11.1. The van der Waals surface area contributed by atoms with E-state index in [1.165, 1.54) is 0 Å². The van der Waals surface area contributed by atoms with Crippen molar-refractivity contribution in [2.24, 2.45) is 0 Å². The fraction of sp³-hybridized carbons (Fsp3) is 1.00. The van der Waals surface area contributed by atoms with Crippen LogP contribution in [0.4, 0.5) is 0 Å². The first-order valence-corrected chi connectivity index (χ1v) is 7.00. The Morgan fingerprint density at radius 3 is 2.00 bits per heavy atom. The zero-order valence-electron chi connectivity index (χ0n) is 8.32. The van der Waals surface area contributed by atoms with Crippen LogP contribution in [0.1, 0.15) is 20.8 Å². The monoisotopic (exact) mass is 174 g/mol. The molecule has 0 aliphatic heterocycles. The predicted octanol–water partition coefficient (Wildman–Crippen LogP) is 2.29. The lowest BCUT2D eigenvalue weighted by Crippen LogP contribution is -2.41. The SMILES string of the molecule is CC(C)(C)[Si](C)(C)OCC[NH]. The molecule has 0 heterocycles. The van der Waals surface area contributed by atoms with E-state index in [9.17, 15) is 0 Å². The molecule has 1 radical (unpaired) electrons. The van der Waals surface area contributed by atoms with E-state index in [2.05, 4.69) is 33.9 Å². The fourth-order valence-corrected chi connectivity index (χ4v) is 1.57. The zero-order chi connectivity index (χ0) is 9.12. The minimum atomic E-state index is -1.55. The van der Waals surface area contributed by atoms with Crippen molar-refractivity contribution in [1.29, 1.82) is 0 Å². The van der Waals surface area contributed by atoms with Crippen LogP contribution in [0.15, 0.2) is 0 Å². The summed E-state index contributed by atoms with van der Waals surface area (Å²) in [7, 11) is -1.55. The second kappa shape index (κ2) is 3.69. The van der Waals surface area contributed by atoms with Crippen LogP contribution in [0.5, 0.6) is 0 Å². The first-order chi connectivity index (χ1) is 4.81. The summed E-state index contributed by atoms with van der Waals surface area (Å²) in [5, 5.41) is 0.280. The molecule has 0 aromatic carbocycles. The highest BCUT2D eigenvalue weighted by atomic mass is 28.4. The van der Waals surface area contributed by atoms with Crippen molar-refractivity contribution in [2.75, 3.05) is 13.2 Å². The second-order valence-corrected chi connectivity index (χ2v) is 9.17. The van der Waals surface area contributed by atoms with E-state index < -0.39 is 8.32 Å². The smallest absolute Gasteiger partial charge is 0.192 e. The lowest BCUT2D eigenvalue weighted by molar-refractivity contribution is 0.296. The van der Waals surface area contributed by atoms with Crippen LogP contribution in [-0.2, 0) is 4.43 Å². The van der Waals surface area contributed by atoms with Crippen molar-refractivity contribution in [3.63, 3.8) is 0 Å². The van der Waals surface area contributed by atoms with E-state index in [1.807, 2.05) is 0 Å². The Morgan fingerprint density at radius 1 is 1.27 bits per heavy atom. The molecule has 2 nitrogen and oxygen atoms in total. The highest BCUT2D eigenvalue weighted by molar-refractivity contribution is 6.74. The van der Waals surface area contributed by atoms with Crippen molar-refractivity contribution in [3.05, 3.63) is 0 Å². The quantitative estimate of drug-likeness (QED) is 0.604. The van der Waals surface area contributed by atoms with Crippen molar-refractivity contribution in [3.8, 4) is 0 Å². The predicted molar refractivity (Wildman–Crippen MR) is 51.1 cm³/mol. The third kappa shape index (κ3) is 3.36. The minimum absolute atomic E-state index is 0.280. The van der Waals surface area contributed by atoms with Crippen LogP contribution in [0, 0.1) is 0 Å². The van der Waals surface area contributed by atoms with Gasteiger partial charge in [0.15, 0.2) is 8.32 Å². The lowest BCUT2D eigenvalue weighted by atomic mass is 10.2.